The predicted octanol–water partition coefficient (Wildman–Crippen LogP) is 4.51. The lowest BCUT2D eigenvalue weighted by Crippen LogP contribution is -2.37. The molecular formula is C10H23ClSi. The van der Waals surface area contributed by atoms with E-state index in [1.165, 1.54) is 12.5 Å². The summed E-state index contributed by atoms with van der Waals surface area (Å²) in [5.41, 5.74) is 1.78. The minimum absolute atomic E-state index is 0.835. The summed E-state index contributed by atoms with van der Waals surface area (Å²) in [6.45, 7) is 12.0. The fourth-order valence-electron chi connectivity index (χ4n) is 1.69. The second kappa shape index (κ2) is 5.28. The standard InChI is InChI=1S/C10H23ClSi/c1-9(2)12(5,10(3)4)8-6-7-11/h9-10H,6-8H2,1-5H3. The van der Waals surface area contributed by atoms with Crippen LogP contribution in [0.5, 0.6) is 0 Å². The summed E-state index contributed by atoms with van der Waals surface area (Å²) < 4.78 is 0. The lowest BCUT2D eigenvalue weighted by molar-refractivity contribution is 0.859. The molecule has 0 aliphatic heterocycles. The van der Waals surface area contributed by atoms with Crippen molar-refractivity contribution in [3.63, 3.8) is 0 Å². The molecule has 0 spiro atoms. The maximum atomic E-state index is 5.74. The second-order valence-corrected chi connectivity index (χ2v) is 10.8. The van der Waals surface area contributed by atoms with Gasteiger partial charge in [-0.25, -0.2) is 0 Å². The Hall–Kier alpha value is 0.507. The number of halogens is 1. The van der Waals surface area contributed by atoms with Crippen LogP contribution in [0.15, 0.2) is 0 Å². The molecule has 0 bridgehead atoms. The molecule has 0 N–H and O–H groups in total. The van der Waals surface area contributed by atoms with E-state index in [0.717, 1.165) is 17.0 Å². The Morgan fingerprint density at radius 2 is 1.50 bits per heavy atom. The Balaban J connectivity index is 4.19. The summed E-state index contributed by atoms with van der Waals surface area (Å²) in [6, 6.07) is 1.39. The van der Waals surface area contributed by atoms with Crippen LogP contribution in [0, 0.1) is 0 Å². The summed E-state index contributed by atoms with van der Waals surface area (Å²) in [7, 11) is -1.01. The molecule has 0 radical (unpaired) electrons. The third-order valence-electron chi connectivity index (χ3n) is 3.49. The molecule has 0 aromatic carbocycles. The Morgan fingerprint density at radius 3 is 1.75 bits per heavy atom. The lowest BCUT2D eigenvalue weighted by Gasteiger charge is -2.35. The van der Waals surface area contributed by atoms with Gasteiger partial charge in [0.05, 0.1) is 8.07 Å². The smallest absolute Gasteiger partial charge is 0.0556 e. The van der Waals surface area contributed by atoms with Gasteiger partial charge in [-0.1, -0.05) is 51.4 Å². The number of hydrogen-bond donors (Lipinski definition) is 0. The Labute approximate surface area is 83.7 Å². The van der Waals surface area contributed by atoms with E-state index in [2.05, 4.69) is 34.2 Å². The van der Waals surface area contributed by atoms with Gasteiger partial charge in [0.1, 0.15) is 0 Å². The van der Waals surface area contributed by atoms with Crippen LogP contribution in [-0.4, -0.2) is 14.0 Å². The van der Waals surface area contributed by atoms with Crippen LogP contribution < -0.4 is 0 Å². The molecule has 0 saturated heterocycles. The molecule has 12 heavy (non-hydrogen) atoms. The van der Waals surface area contributed by atoms with Crippen LogP contribution in [-0.2, 0) is 0 Å². The van der Waals surface area contributed by atoms with E-state index in [4.69, 9.17) is 11.6 Å². The van der Waals surface area contributed by atoms with E-state index in [0.29, 0.717) is 0 Å². The highest BCUT2D eigenvalue weighted by molar-refractivity contribution is 6.81. The molecular weight excluding hydrogens is 184 g/mol. The van der Waals surface area contributed by atoms with Gasteiger partial charge < -0.3 is 0 Å². The first-order valence-electron chi connectivity index (χ1n) is 5.01. The van der Waals surface area contributed by atoms with Crippen LogP contribution in [0.4, 0.5) is 0 Å². The van der Waals surface area contributed by atoms with Crippen molar-refractivity contribution in [2.45, 2.75) is 57.8 Å². The van der Waals surface area contributed by atoms with Crippen LogP contribution in [0.2, 0.25) is 23.7 Å². The molecule has 0 amide bonds. The Kier molecular flexibility index (Phi) is 5.51. The van der Waals surface area contributed by atoms with Gasteiger partial charge in [-0.15, -0.1) is 11.6 Å². The van der Waals surface area contributed by atoms with Gasteiger partial charge >= 0.3 is 0 Å². The number of alkyl halides is 1. The highest BCUT2D eigenvalue weighted by Gasteiger charge is 2.33. The van der Waals surface area contributed by atoms with E-state index in [-0.39, 0.29) is 0 Å². The second-order valence-electron chi connectivity index (χ2n) is 4.61. The molecule has 74 valence electrons. The van der Waals surface area contributed by atoms with Gasteiger partial charge in [0, 0.05) is 5.88 Å². The van der Waals surface area contributed by atoms with Crippen molar-refractivity contribution in [2.75, 3.05) is 5.88 Å². The maximum absolute atomic E-state index is 5.74. The van der Waals surface area contributed by atoms with Crippen molar-refractivity contribution < 1.29 is 0 Å². The highest BCUT2D eigenvalue weighted by atomic mass is 35.5. The van der Waals surface area contributed by atoms with Crippen molar-refractivity contribution in [1.82, 2.24) is 0 Å². The first kappa shape index (κ1) is 12.5. The van der Waals surface area contributed by atoms with E-state index in [9.17, 15) is 0 Å². The van der Waals surface area contributed by atoms with E-state index >= 15 is 0 Å². The van der Waals surface area contributed by atoms with Crippen LogP contribution in [0.1, 0.15) is 34.1 Å². The minimum Gasteiger partial charge on any atom is -0.127 e. The predicted molar refractivity (Wildman–Crippen MR) is 62.0 cm³/mol. The van der Waals surface area contributed by atoms with Gasteiger partial charge in [-0.3, -0.25) is 0 Å². The molecule has 0 saturated carbocycles. The van der Waals surface area contributed by atoms with Crippen molar-refractivity contribution >= 4 is 19.7 Å². The first-order valence-corrected chi connectivity index (χ1v) is 8.40. The van der Waals surface area contributed by atoms with Gasteiger partial charge in [-0.05, 0) is 6.42 Å². The molecule has 0 aromatic heterocycles. The van der Waals surface area contributed by atoms with Gasteiger partial charge in [0.15, 0.2) is 0 Å². The zero-order valence-electron chi connectivity index (χ0n) is 9.15. The molecule has 0 nitrogen and oxygen atoms in total. The topological polar surface area (TPSA) is 0 Å². The highest BCUT2D eigenvalue weighted by Crippen LogP contribution is 2.36. The summed E-state index contributed by atoms with van der Waals surface area (Å²) in [5, 5.41) is 0. The summed E-state index contributed by atoms with van der Waals surface area (Å²) >= 11 is 5.74. The summed E-state index contributed by atoms with van der Waals surface area (Å²) in [5.74, 6) is 0.835. The molecule has 0 heterocycles. The number of hydrogen-bond acceptors (Lipinski definition) is 0. The van der Waals surface area contributed by atoms with Crippen molar-refractivity contribution in [3.05, 3.63) is 0 Å². The molecule has 0 fully saturated rings. The van der Waals surface area contributed by atoms with E-state index in [1.807, 2.05) is 0 Å². The fraction of sp³-hybridized carbons (Fsp3) is 1.00. The van der Waals surface area contributed by atoms with Gasteiger partial charge in [0.2, 0.25) is 0 Å². The van der Waals surface area contributed by atoms with E-state index in [1.54, 1.807) is 0 Å². The molecule has 0 aromatic rings. The van der Waals surface area contributed by atoms with Crippen molar-refractivity contribution in [3.8, 4) is 0 Å². The molecule has 0 aliphatic rings. The fourth-order valence-corrected chi connectivity index (χ4v) is 5.48. The Bertz CT molecular complexity index is 113. The molecule has 0 atom stereocenters. The van der Waals surface area contributed by atoms with E-state index < -0.39 is 8.07 Å². The van der Waals surface area contributed by atoms with Crippen LogP contribution in [0.25, 0.3) is 0 Å². The van der Waals surface area contributed by atoms with Gasteiger partial charge in [0.25, 0.3) is 0 Å². The molecule has 0 aliphatic carbocycles. The third kappa shape index (κ3) is 3.10. The Morgan fingerprint density at radius 1 is 1.08 bits per heavy atom. The lowest BCUT2D eigenvalue weighted by atomic mass is 10.5. The quantitative estimate of drug-likeness (QED) is 0.459. The van der Waals surface area contributed by atoms with Crippen molar-refractivity contribution in [2.24, 2.45) is 0 Å². The SMILES string of the molecule is CC(C)[Si](C)(CCCCl)C(C)C. The zero-order chi connectivity index (χ0) is 9.78. The zero-order valence-corrected chi connectivity index (χ0v) is 10.9. The normalized spacial score (nSPS) is 13.0. The monoisotopic (exact) mass is 206 g/mol. The molecule has 0 rings (SSSR count). The minimum atomic E-state index is -1.01. The average molecular weight is 207 g/mol. The summed E-state index contributed by atoms with van der Waals surface area (Å²) in [4.78, 5) is 0. The number of rotatable bonds is 5. The van der Waals surface area contributed by atoms with Crippen LogP contribution >= 0.6 is 11.6 Å². The maximum Gasteiger partial charge on any atom is 0.0556 e. The first-order chi connectivity index (χ1) is 5.45. The molecule has 2 heteroatoms. The average Bonchev–Trinajstić information content (AvgIpc) is 1.99. The van der Waals surface area contributed by atoms with Gasteiger partial charge in [-0.2, -0.15) is 0 Å². The van der Waals surface area contributed by atoms with Crippen molar-refractivity contribution in [1.29, 1.82) is 0 Å². The largest absolute Gasteiger partial charge is 0.127 e. The summed E-state index contributed by atoms with van der Waals surface area (Å²) in [6.07, 6.45) is 1.21. The molecule has 0 unspecified atom stereocenters. The third-order valence-corrected chi connectivity index (χ3v) is 10.5. The van der Waals surface area contributed by atoms with Crippen LogP contribution in [0.3, 0.4) is 0 Å².